The van der Waals surface area contributed by atoms with Crippen LogP contribution in [0.1, 0.15) is 24.1 Å². The van der Waals surface area contributed by atoms with Crippen molar-refractivity contribution < 1.29 is 17.9 Å². The van der Waals surface area contributed by atoms with Gasteiger partial charge in [0.2, 0.25) is 0 Å². The zero-order chi connectivity index (χ0) is 18.6. The Morgan fingerprint density at radius 2 is 1.84 bits per heavy atom. The quantitative estimate of drug-likeness (QED) is 0.833. The highest BCUT2D eigenvalue weighted by molar-refractivity contribution is 7.90. The number of hydrogen-bond acceptors (Lipinski definition) is 4. The third-order valence-corrected chi connectivity index (χ3v) is 5.24. The van der Waals surface area contributed by atoms with E-state index in [-0.39, 0.29) is 23.5 Å². The highest BCUT2D eigenvalue weighted by Crippen LogP contribution is 2.21. The smallest absolute Gasteiger partial charge is 0.258 e. The van der Waals surface area contributed by atoms with Crippen molar-refractivity contribution in [1.29, 1.82) is 0 Å². The summed E-state index contributed by atoms with van der Waals surface area (Å²) in [6, 6.07) is 11.3. The predicted molar refractivity (Wildman–Crippen MR) is 97.8 cm³/mol. The average Bonchev–Trinajstić information content (AvgIpc) is 2.55. The highest BCUT2D eigenvalue weighted by Gasteiger charge is 2.12. The van der Waals surface area contributed by atoms with Crippen molar-refractivity contribution in [2.45, 2.75) is 24.8 Å². The standard InChI is InChI=1S/C18H20ClNO4S/c1-12-10-15(6-9-17(12)19)24-11-18(21)20-13(2)14-4-7-16(8-5-14)25(3,22)23/h4-10,13H,11H2,1-3H3,(H,20,21)/t13-/m1/s1. The number of nitrogens with one attached hydrogen (secondary N) is 1. The summed E-state index contributed by atoms with van der Waals surface area (Å²) >= 11 is 5.95. The van der Waals surface area contributed by atoms with Crippen molar-refractivity contribution in [3.8, 4) is 5.75 Å². The SMILES string of the molecule is Cc1cc(OCC(=O)N[C@H](C)c2ccc(S(C)(=O)=O)cc2)ccc1Cl. The molecule has 1 amide bonds. The van der Waals surface area contributed by atoms with E-state index in [9.17, 15) is 13.2 Å². The number of hydrogen-bond donors (Lipinski definition) is 1. The molecular formula is C18H20ClNO4S. The number of ether oxygens (including phenoxy) is 1. The molecule has 1 N–H and O–H groups in total. The average molecular weight is 382 g/mol. The molecule has 0 aliphatic rings. The van der Waals surface area contributed by atoms with Gasteiger partial charge in [0.1, 0.15) is 5.75 Å². The number of halogens is 1. The van der Waals surface area contributed by atoms with Crippen LogP contribution in [0.3, 0.4) is 0 Å². The fourth-order valence-electron chi connectivity index (χ4n) is 2.23. The van der Waals surface area contributed by atoms with Gasteiger partial charge < -0.3 is 10.1 Å². The van der Waals surface area contributed by atoms with E-state index < -0.39 is 9.84 Å². The third kappa shape index (κ3) is 5.47. The zero-order valence-corrected chi connectivity index (χ0v) is 15.8. The van der Waals surface area contributed by atoms with Gasteiger partial charge in [-0.3, -0.25) is 4.79 Å². The van der Waals surface area contributed by atoms with Crippen LogP contribution < -0.4 is 10.1 Å². The van der Waals surface area contributed by atoms with Gasteiger partial charge in [-0.15, -0.1) is 0 Å². The Kier molecular flexibility index (Phi) is 6.08. The molecule has 0 heterocycles. The first-order chi connectivity index (χ1) is 11.7. The van der Waals surface area contributed by atoms with Crippen LogP contribution in [0.2, 0.25) is 5.02 Å². The fourth-order valence-corrected chi connectivity index (χ4v) is 2.97. The molecule has 5 nitrogen and oxygen atoms in total. The molecule has 0 bridgehead atoms. The summed E-state index contributed by atoms with van der Waals surface area (Å²) in [5, 5.41) is 3.45. The Hall–Kier alpha value is -2.05. The number of carbonyl (C=O) groups is 1. The summed E-state index contributed by atoms with van der Waals surface area (Å²) < 4.78 is 28.4. The first-order valence-electron chi connectivity index (χ1n) is 7.65. The van der Waals surface area contributed by atoms with Crippen LogP contribution in [0.4, 0.5) is 0 Å². The molecule has 2 aromatic rings. The highest BCUT2D eigenvalue weighted by atomic mass is 35.5. The topological polar surface area (TPSA) is 72.5 Å². The Bertz CT molecular complexity index is 863. The fraction of sp³-hybridized carbons (Fsp3) is 0.278. The van der Waals surface area contributed by atoms with E-state index in [1.807, 2.05) is 13.8 Å². The van der Waals surface area contributed by atoms with Gasteiger partial charge in [0.15, 0.2) is 16.4 Å². The maximum atomic E-state index is 12.0. The maximum Gasteiger partial charge on any atom is 0.258 e. The number of rotatable bonds is 6. The molecule has 0 spiro atoms. The minimum absolute atomic E-state index is 0.118. The van der Waals surface area contributed by atoms with Crippen molar-refractivity contribution >= 4 is 27.3 Å². The van der Waals surface area contributed by atoms with Gasteiger partial charge in [-0.05, 0) is 55.3 Å². The van der Waals surface area contributed by atoms with E-state index in [0.29, 0.717) is 10.8 Å². The Balaban J connectivity index is 1.92. The van der Waals surface area contributed by atoms with Gasteiger partial charge >= 0.3 is 0 Å². The van der Waals surface area contributed by atoms with Crippen molar-refractivity contribution in [1.82, 2.24) is 5.32 Å². The lowest BCUT2D eigenvalue weighted by Gasteiger charge is -2.15. The second-order valence-electron chi connectivity index (χ2n) is 5.83. The van der Waals surface area contributed by atoms with E-state index in [0.717, 1.165) is 17.4 Å². The van der Waals surface area contributed by atoms with Crippen LogP contribution in [0.25, 0.3) is 0 Å². The second kappa shape index (κ2) is 7.89. The molecular weight excluding hydrogens is 362 g/mol. The van der Waals surface area contributed by atoms with Crippen molar-refractivity contribution in [2.75, 3.05) is 12.9 Å². The Morgan fingerprint density at radius 3 is 2.40 bits per heavy atom. The Labute approximate surface area is 152 Å². The van der Waals surface area contributed by atoms with Crippen molar-refractivity contribution in [3.05, 3.63) is 58.6 Å². The lowest BCUT2D eigenvalue weighted by Crippen LogP contribution is -2.31. The van der Waals surface area contributed by atoms with Gasteiger partial charge in [-0.1, -0.05) is 23.7 Å². The summed E-state index contributed by atoms with van der Waals surface area (Å²) in [4.78, 5) is 12.3. The summed E-state index contributed by atoms with van der Waals surface area (Å²) in [5.41, 5.74) is 1.68. The van der Waals surface area contributed by atoms with Crippen LogP contribution in [-0.4, -0.2) is 27.2 Å². The van der Waals surface area contributed by atoms with Crippen LogP contribution in [0.5, 0.6) is 5.75 Å². The first-order valence-corrected chi connectivity index (χ1v) is 9.92. The molecule has 0 saturated carbocycles. The monoisotopic (exact) mass is 381 g/mol. The van der Waals surface area contributed by atoms with Crippen LogP contribution in [0.15, 0.2) is 47.4 Å². The molecule has 1 atom stereocenters. The largest absolute Gasteiger partial charge is 0.484 e. The van der Waals surface area contributed by atoms with Crippen LogP contribution >= 0.6 is 11.6 Å². The van der Waals surface area contributed by atoms with E-state index in [1.54, 1.807) is 30.3 Å². The van der Waals surface area contributed by atoms with Gasteiger partial charge in [0.25, 0.3) is 5.91 Å². The number of aryl methyl sites for hydroxylation is 1. The van der Waals surface area contributed by atoms with E-state index in [2.05, 4.69) is 5.32 Å². The summed E-state index contributed by atoms with van der Waals surface area (Å²) in [7, 11) is -3.23. The Morgan fingerprint density at radius 1 is 1.20 bits per heavy atom. The zero-order valence-electron chi connectivity index (χ0n) is 14.2. The summed E-state index contributed by atoms with van der Waals surface area (Å²) in [6.45, 7) is 3.56. The van der Waals surface area contributed by atoms with Crippen LogP contribution in [-0.2, 0) is 14.6 Å². The third-order valence-electron chi connectivity index (χ3n) is 3.69. The molecule has 0 aliphatic carbocycles. The minimum Gasteiger partial charge on any atom is -0.484 e. The lowest BCUT2D eigenvalue weighted by molar-refractivity contribution is -0.123. The first kappa shape index (κ1) is 19.3. The summed E-state index contributed by atoms with van der Waals surface area (Å²) in [5.74, 6) is 0.300. The summed E-state index contributed by atoms with van der Waals surface area (Å²) in [6.07, 6.45) is 1.16. The molecule has 25 heavy (non-hydrogen) atoms. The maximum absolute atomic E-state index is 12.0. The van der Waals surface area contributed by atoms with Crippen molar-refractivity contribution in [3.63, 3.8) is 0 Å². The molecule has 0 aliphatic heterocycles. The van der Waals surface area contributed by atoms with Gasteiger partial charge in [0.05, 0.1) is 10.9 Å². The molecule has 2 aromatic carbocycles. The molecule has 7 heteroatoms. The molecule has 0 fully saturated rings. The number of benzene rings is 2. The van der Waals surface area contributed by atoms with Crippen LogP contribution in [0, 0.1) is 6.92 Å². The van der Waals surface area contributed by atoms with Gasteiger partial charge in [0, 0.05) is 11.3 Å². The van der Waals surface area contributed by atoms with Crippen molar-refractivity contribution in [2.24, 2.45) is 0 Å². The van der Waals surface area contributed by atoms with Gasteiger partial charge in [-0.2, -0.15) is 0 Å². The molecule has 0 saturated heterocycles. The molecule has 0 radical (unpaired) electrons. The normalized spacial score (nSPS) is 12.5. The number of carbonyl (C=O) groups excluding carboxylic acids is 1. The predicted octanol–water partition coefficient (Wildman–Crippen LogP) is 3.31. The molecule has 0 unspecified atom stereocenters. The van der Waals surface area contributed by atoms with E-state index in [4.69, 9.17) is 16.3 Å². The molecule has 0 aromatic heterocycles. The van der Waals surface area contributed by atoms with Gasteiger partial charge in [-0.25, -0.2) is 8.42 Å². The molecule has 134 valence electrons. The molecule has 2 rings (SSSR count). The minimum atomic E-state index is -3.23. The lowest BCUT2D eigenvalue weighted by atomic mass is 10.1. The number of amides is 1. The van der Waals surface area contributed by atoms with E-state index in [1.165, 1.54) is 12.1 Å². The second-order valence-corrected chi connectivity index (χ2v) is 8.25. The number of sulfone groups is 1. The van der Waals surface area contributed by atoms with E-state index >= 15 is 0 Å².